The second-order valence-electron chi connectivity index (χ2n) is 8.52. The topological polar surface area (TPSA) is 88.0 Å². The lowest BCUT2D eigenvalue weighted by Gasteiger charge is -2.21. The fraction of sp³-hybridized carbons (Fsp3) is 0.222. The lowest BCUT2D eigenvalue weighted by Crippen LogP contribution is -2.41. The van der Waals surface area contributed by atoms with Crippen LogP contribution in [0, 0.1) is 6.92 Å². The first-order valence-electron chi connectivity index (χ1n) is 11.8. The summed E-state index contributed by atoms with van der Waals surface area (Å²) in [7, 11) is 1.59. The number of aryl methyl sites for hydroxylation is 1. The molecule has 8 nitrogen and oxygen atoms in total. The number of aromatic nitrogens is 2. The number of likely N-dealkylation sites (N-methyl/N-ethyl adjacent to an activating group) is 1. The number of anilines is 1. The Morgan fingerprint density at radius 1 is 1.08 bits per heavy atom. The van der Waals surface area contributed by atoms with Crippen LogP contribution >= 0.6 is 39.1 Å². The number of hydrogen-bond acceptors (Lipinski definition) is 5. The van der Waals surface area contributed by atoms with Crippen LogP contribution in [-0.2, 0) is 22.7 Å². The molecule has 0 saturated heterocycles. The van der Waals surface area contributed by atoms with Crippen molar-refractivity contribution in [3.8, 4) is 5.75 Å². The van der Waals surface area contributed by atoms with Gasteiger partial charge in [0.05, 0.1) is 29.5 Å². The molecule has 0 spiro atoms. The number of nitrogens with one attached hydrogen (secondary N) is 2. The first-order valence-corrected chi connectivity index (χ1v) is 13.3. The van der Waals surface area contributed by atoms with Gasteiger partial charge in [0.15, 0.2) is 11.4 Å². The molecule has 0 aliphatic rings. The van der Waals surface area contributed by atoms with E-state index >= 15 is 0 Å². The van der Waals surface area contributed by atoms with Crippen molar-refractivity contribution >= 4 is 62.3 Å². The first-order chi connectivity index (χ1) is 18.3. The summed E-state index contributed by atoms with van der Waals surface area (Å²) in [5.41, 5.74) is 3.54. The van der Waals surface area contributed by atoms with Crippen molar-refractivity contribution in [1.29, 1.82) is 0 Å². The Kier molecular flexibility index (Phi) is 9.27. The van der Waals surface area contributed by atoms with Gasteiger partial charge in [0.1, 0.15) is 11.2 Å². The molecule has 198 valence electrons. The number of benzene rings is 2. The summed E-state index contributed by atoms with van der Waals surface area (Å²) in [6, 6.07) is 16.7. The zero-order chi connectivity index (χ0) is 27.2. The number of rotatable bonds is 10. The predicted octanol–water partition coefficient (Wildman–Crippen LogP) is 5.16. The maximum absolute atomic E-state index is 12.8. The smallest absolute Gasteiger partial charge is 0.246 e. The van der Waals surface area contributed by atoms with Crippen molar-refractivity contribution in [3.63, 3.8) is 0 Å². The number of nitrogens with zero attached hydrogens (tertiary/aromatic N) is 3. The van der Waals surface area contributed by atoms with Gasteiger partial charge in [-0.1, -0.05) is 53.5 Å². The van der Waals surface area contributed by atoms with Crippen molar-refractivity contribution in [2.24, 2.45) is 0 Å². The number of halogens is 3. The van der Waals surface area contributed by atoms with Gasteiger partial charge in [0, 0.05) is 30.4 Å². The van der Waals surface area contributed by atoms with Gasteiger partial charge in [-0.25, -0.2) is 4.98 Å². The van der Waals surface area contributed by atoms with Crippen LogP contribution in [0.3, 0.4) is 0 Å². The summed E-state index contributed by atoms with van der Waals surface area (Å²) < 4.78 is 8.76. The number of amides is 2. The summed E-state index contributed by atoms with van der Waals surface area (Å²) in [5, 5.41) is 6.39. The summed E-state index contributed by atoms with van der Waals surface area (Å²) in [4.78, 5) is 30.9. The molecular weight excluding hydrogens is 593 g/mol. The van der Waals surface area contributed by atoms with Gasteiger partial charge in [-0.05, 0) is 52.7 Å². The minimum absolute atomic E-state index is 0.0700. The van der Waals surface area contributed by atoms with E-state index in [0.717, 1.165) is 15.9 Å². The standard InChI is InChI=1S/C27H26BrCl2N5O3/c1-17-26(28)35-12-6-9-22(27(35)33-17)38-16-19-20(29)10-11-21(25(19)30)34(2)24(37)15-32-23(36)14-31-13-18-7-4-3-5-8-18/h3-12,31H,13-16H2,1-2H3,(H,32,36). The fourth-order valence-electron chi connectivity index (χ4n) is 3.77. The first kappa shape index (κ1) is 27.9. The maximum atomic E-state index is 12.8. The number of fused-ring (bicyclic) bond motifs is 1. The van der Waals surface area contributed by atoms with Crippen molar-refractivity contribution in [2.75, 3.05) is 25.0 Å². The third kappa shape index (κ3) is 6.47. The van der Waals surface area contributed by atoms with Gasteiger partial charge in [0.25, 0.3) is 0 Å². The number of imidazole rings is 1. The van der Waals surface area contributed by atoms with Crippen LogP contribution < -0.4 is 20.3 Å². The molecule has 2 N–H and O–H groups in total. The molecule has 4 aromatic rings. The quantitative estimate of drug-likeness (QED) is 0.256. The molecule has 2 aromatic heterocycles. The van der Waals surface area contributed by atoms with Gasteiger partial charge in [-0.2, -0.15) is 0 Å². The maximum Gasteiger partial charge on any atom is 0.246 e. The van der Waals surface area contributed by atoms with Gasteiger partial charge >= 0.3 is 0 Å². The Labute approximate surface area is 239 Å². The Morgan fingerprint density at radius 3 is 2.61 bits per heavy atom. The van der Waals surface area contributed by atoms with E-state index in [1.807, 2.05) is 60.0 Å². The van der Waals surface area contributed by atoms with E-state index in [9.17, 15) is 9.59 Å². The van der Waals surface area contributed by atoms with E-state index in [4.69, 9.17) is 27.9 Å². The zero-order valence-electron chi connectivity index (χ0n) is 20.8. The van der Waals surface area contributed by atoms with Crippen LogP contribution in [0.25, 0.3) is 5.65 Å². The van der Waals surface area contributed by atoms with Gasteiger partial charge in [-0.15, -0.1) is 0 Å². The molecule has 11 heteroatoms. The van der Waals surface area contributed by atoms with Crippen molar-refractivity contribution < 1.29 is 14.3 Å². The van der Waals surface area contributed by atoms with Gasteiger partial charge in [-0.3, -0.25) is 14.0 Å². The van der Waals surface area contributed by atoms with Crippen LogP contribution in [0.2, 0.25) is 10.0 Å². The highest BCUT2D eigenvalue weighted by Crippen LogP contribution is 2.35. The van der Waals surface area contributed by atoms with Gasteiger partial charge < -0.3 is 20.3 Å². The van der Waals surface area contributed by atoms with E-state index in [0.29, 0.717) is 34.2 Å². The second kappa shape index (κ2) is 12.6. The molecule has 2 aromatic carbocycles. The number of carbonyl (C=O) groups is 2. The molecule has 0 unspecified atom stereocenters. The van der Waals surface area contributed by atoms with Crippen LogP contribution in [-0.4, -0.2) is 41.3 Å². The monoisotopic (exact) mass is 617 g/mol. The highest BCUT2D eigenvalue weighted by Gasteiger charge is 2.20. The van der Waals surface area contributed by atoms with Crippen LogP contribution in [0.5, 0.6) is 5.75 Å². The van der Waals surface area contributed by atoms with Crippen LogP contribution in [0.15, 0.2) is 65.4 Å². The van der Waals surface area contributed by atoms with Crippen LogP contribution in [0.1, 0.15) is 16.8 Å². The largest absolute Gasteiger partial charge is 0.485 e. The van der Waals surface area contributed by atoms with E-state index in [-0.39, 0.29) is 36.5 Å². The number of carbonyl (C=O) groups excluding carboxylic acids is 2. The molecule has 0 atom stereocenters. The summed E-state index contributed by atoms with van der Waals surface area (Å²) in [6.45, 7) is 2.44. The second-order valence-corrected chi connectivity index (χ2v) is 10.1. The average Bonchev–Trinajstić information content (AvgIpc) is 3.21. The minimum Gasteiger partial charge on any atom is -0.485 e. The number of ether oxygens (including phenoxy) is 1. The Bertz CT molecular complexity index is 1460. The third-order valence-corrected chi connectivity index (χ3v) is 7.61. The lowest BCUT2D eigenvalue weighted by molar-refractivity contribution is -0.124. The van der Waals surface area contributed by atoms with Crippen molar-refractivity contribution in [2.45, 2.75) is 20.1 Å². The molecule has 2 amide bonds. The fourth-order valence-corrected chi connectivity index (χ4v) is 4.75. The molecule has 2 heterocycles. The number of hydrogen-bond donors (Lipinski definition) is 2. The lowest BCUT2D eigenvalue weighted by atomic mass is 10.2. The summed E-state index contributed by atoms with van der Waals surface area (Å²) in [5.74, 6) is -0.0548. The normalized spacial score (nSPS) is 11.0. The minimum atomic E-state index is -0.333. The molecule has 0 saturated carbocycles. The molecule has 0 aliphatic carbocycles. The van der Waals surface area contributed by atoms with E-state index in [1.54, 1.807) is 19.2 Å². The molecule has 4 rings (SSSR count). The van der Waals surface area contributed by atoms with Crippen LogP contribution in [0.4, 0.5) is 5.69 Å². The zero-order valence-corrected chi connectivity index (χ0v) is 23.9. The van der Waals surface area contributed by atoms with E-state index in [1.165, 1.54) is 4.90 Å². The Morgan fingerprint density at radius 2 is 1.84 bits per heavy atom. The summed E-state index contributed by atoms with van der Waals surface area (Å²) >= 11 is 16.6. The summed E-state index contributed by atoms with van der Waals surface area (Å²) in [6.07, 6.45) is 1.88. The highest BCUT2D eigenvalue weighted by molar-refractivity contribution is 9.10. The molecule has 38 heavy (non-hydrogen) atoms. The number of pyridine rings is 1. The third-order valence-electron chi connectivity index (χ3n) is 5.88. The average molecular weight is 619 g/mol. The molecular formula is C27H26BrCl2N5O3. The Balaban J connectivity index is 1.36. The Hall–Kier alpha value is -3.11. The predicted molar refractivity (Wildman–Crippen MR) is 153 cm³/mol. The van der Waals surface area contributed by atoms with Crippen molar-refractivity contribution in [3.05, 3.63) is 92.3 Å². The van der Waals surface area contributed by atoms with Crippen molar-refractivity contribution in [1.82, 2.24) is 20.0 Å². The molecule has 0 radical (unpaired) electrons. The van der Waals surface area contributed by atoms with E-state index in [2.05, 4.69) is 31.5 Å². The molecule has 0 bridgehead atoms. The highest BCUT2D eigenvalue weighted by atomic mass is 79.9. The molecule has 0 aliphatic heterocycles. The van der Waals surface area contributed by atoms with Gasteiger partial charge in [0.2, 0.25) is 11.8 Å². The van der Waals surface area contributed by atoms with E-state index < -0.39 is 0 Å². The molecule has 0 fully saturated rings. The SMILES string of the molecule is Cc1nc2c(OCc3c(Cl)ccc(N(C)C(=O)CNC(=O)CNCc4ccccc4)c3Cl)cccn2c1Br.